The summed E-state index contributed by atoms with van der Waals surface area (Å²) in [7, 11) is 0. The molecule has 0 saturated carbocycles. The number of amides is 1. The summed E-state index contributed by atoms with van der Waals surface area (Å²) >= 11 is 0. The SMILES string of the molecule is C=CCNC(=O)c1[nH]c(C)c(C(C)=O)c1C. The predicted octanol–water partition coefficient (Wildman–Crippen LogP) is 1.75. The molecule has 0 aliphatic rings. The lowest BCUT2D eigenvalue weighted by Crippen LogP contribution is -2.24. The minimum atomic E-state index is -0.215. The normalized spacial score (nSPS) is 9.94. The van der Waals surface area contributed by atoms with E-state index < -0.39 is 0 Å². The molecule has 16 heavy (non-hydrogen) atoms. The summed E-state index contributed by atoms with van der Waals surface area (Å²) in [6, 6.07) is 0. The van der Waals surface area contributed by atoms with Gasteiger partial charge in [0.15, 0.2) is 5.78 Å². The number of H-pyrrole nitrogens is 1. The Morgan fingerprint density at radius 1 is 1.44 bits per heavy atom. The molecule has 0 aliphatic carbocycles. The zero-order valence-electron chi connectivity index (χ0n) is 9.81. The molecule has 0 saturated heterocycles. The van der Waals surface area contributed by atoms with Crippen molar-refractivity contribution in [2.24, 2.45) is 0 Å². The monoisotopic (exact) mass is 220 g/mol. The smallest absolute Gasteiger partial charge is 0.268 e. The summed E-state index contributed by atoms with van der Waals surface area (Å²) < 4.78 is 0. The van der Waals surface area contributed by atoms with E-state index in [9.17, 15) is 9.59 Å². The van der Waals surface area contributed by atoms with Crippen LogP contribution in [0.3, 0.4) is 0 Å². The molecule has 4 nitrogen and oxygen atoms in total. The summed E-state index contributed by atoms with van der Waals surface area (Å²) in [6.45, 7) is 8.98. The fourth-order valence-electron chi connectivity index (χ4n) is 1.76. The molecule has 0 spiro atoms. The third-order valence-corrected chi connectivity index (χ3v) is 2.42. The Bertz CT molecular complexity index is 444. The van der Waals surface area contributed by atoms with E-state index in [-0.39, 0.29) is 11.7 Å². The van der Waals surface area contributed by atoms with E-state index in [2.05, 4.69) is 16.9 Å². The van der Waals surface area contributed by atoms with Crippen molar-refractivity contribution in [2.45, 2.75) is 20.8 Å². The van der Waals surface area contributed by atoms with Crippen LogP contribution in [0.25, 0.3) is 0 Å². The third-order valence-electron chi connectivity index (χ3n) is 2.42. The number of nitrogens with one attached hydrogen (secondary N) is 2. The van der Waals surface area contributed by atoms with Gasteiger partial charge in [-0.05, 0) is 26.3 Å². The predicted molar refractivity (Wildman–Crippen MR) is 62.8 cm³/mol. The zero-order valence-corrected chi connectivity index (χ0v) is 9.81. The van der Waals surface area contributed by atoms with E-state index in [1.807, 2.05) is 0 Å². The average molecular weight is 220 g/mol. The zero-order chi connectivity index (χ0) is 12.3. The number of Topliss-reactive ketones (excluding diaryl/α,β-unsaturated/α-hetero) is 1. The number of aromatic amines is 1. The highest BCUT2D eigenvalue weighted by molar-refractivity contribution is 6.02. The van der Waals surface area contributed by atoms with Crippen LogP contribution in [0.4, 0.5) is 0 Å². The average Bonchev–Trinajstić information content (AvgIpc) is 2.50. The van der Waals surface area contributed by atoms with Gasteiger partial charge in [0.1, 0.15) is 5.69 Å². The van der Waals surface area contributed by atoms with Gasteiger partial charge >= 0.3 is 0 Å². The van der Waals surface area contributed by atoms with Crippen molar-refractivity contribution in [1.82, 2.24) is 10.3 Å². The minimum absolute atomic E-state index is 0.0333. The van der Waals surface area contributed by atoms with E-state index in [0.717, 1.165) is 5.69 Å². The Balaban J connectivity index is 3.07. The van der Waals surface area contributed by atoms with Crippen molar-refractivity contribution in [3.63, 3.8) is 0 Å². The molecule has 0 bridgehead atoms. The van der Waals surface area contributed by atoms with Gasteiger partial charge in [0.05, 0.1) is 0 Å². The highest BCUT2D eigenvalue weighted by Crippen LogP contribution is 2.18. The second kappa shape index (κ2) is 4.79. The lowest BCUT2D eigenvalue weighted by atomic mass is 10.1. The maximum Gasteiger partial charge on any atom is 0.268 e. The summed E-state index contributed by atoms with van der Waals surface area (Å²) in [6.07, 6.45) is 1.61. The molecule has 86 valence electrons. The van der Waals surface area contributed by atoms with Crippen LogP contribution in [0.15, 0.2) is 12.7 Å². The van der Waals surface area contributed by atoms with Gasteiger partial charge in [0.2, 0.25) is 0 Å². The van der Waals surface area contributed by atoms with E-state index >= 15 is 0 Å². The topological polar surface area (TPSA) is 62.0 Å². The largest absolute Gasteiger partial charge is 0.354 e. The number of hydrogen-bond donors (Lipinski definition) is 2. The van der Waals surface area contributed by atoms with Crippen LogP contribution in [0.5, 0.6) is 0 Å². The van der Waals surface area contributed by atoms with Crippen molar-refractivity contribution >= 4 is 11.7 Å². The Labute approximate surface area is 94.7 Å². The molecule has 4 heteroatoms. The molecule has 0 aromatic carbocycles. The molecule has 1 amide bonds. The summed E-state index contributed by atoms with van der Waals surface area (Å²) in [5.74, 6) is -0.248. The Kier molecular flexibility index (Phi) is 3.66. The molecule has 0 atom stereocenters. The van der Waals surface area contributed by atoms with E-state index in [0.29, 0.717) is 23.4 Å². The van der Waals surface area contributed by atoms with Crippen molar-refractivity contribution in [2.75, 3.05) is 6.54 Å². The summed E-state index contributed by atoms with van der Waals surface area (Å²) in [5.41, 5.74) is 2.48. The van der Waals surface area contributed by atoms with Crippen molar-refractivity contribution in [3.8, 4) is 0 Å². The van der Waals surface area contributed by atoms with E-state index in [1.165, 1.54) is 6.92 Å². The van der Waals surface area contributed by atoms with Gasteiger partial charge in [-0.15, -0.1) is 6.58 Å². The molecule has 2 N–H and O–H groups in total. The Morgan fingerprint density at radius 3 is 2.50 bits per heavy atom. The highest BCUT2D eigenvalue weighted by atomic mass is 16.2. The first-order valence-electron chi connectivity index (χ1n) is 5.08. The Hall–Kier alpha value is -1.84. The van der Waals surface area contributed by atoms with Crippen LogP contribution in [0.1, 0.15) is 39.0 Å². The maximum atomic E-state index is 11.7. The van der Waals surface area contributed by atoms with Crippen molar-refractivity contribution < 1.29 is 9.59 Å². The van der Waals surface area contributed by atoms with Crippen LogP contribution >= 0.6 is 0 Å². The van der Waals surface area contributed by atoms with Crippen LogP contribution < -0.4 is 5.32 Å². The van der Waals surface area contributed by atoms with Crippen LogP contribution in [-0.2, 0) is 0 Å². The van der Waals surface area contributed by atoms with E-state index in [1.54, 1.807) is 19.9 Å². The van der Waals surface area contributed by atoms with Gasteiger partial charge < -0.3 is 10.3 Å². The van der Waals surface area contributed by atoms with Gasteiger partial charge in [-0.2, -0.15) is 0 Å². The van der Waals surface area contributed by atoms with Gasteiger partial charge in [0.25, 0.3) is 5.91 Å². The molecule has 0 fully saturated rings. The second-order valence-electron chi connectivity index (χ2n) is 3.68. The number of aryl methyl sites for hydroxylation is 1. The van der Waals surface area contributed by atoms with Gasteiger partial charge in [-0.3, -0.25) is 9.59 Å². The molecule has 1 aromatic rings. The van der Waals surface area contributed by atoms with Crippen molar-refractivity contribution in [1.29, 1.82) is 0 Å². The first kappa shape index (κ1) is 12.2. The van der Waals surface area contributed by atoms with Crippen LogP contribution in [0, 0.1) is 13.8 Å². The number of carbonyl (C=O) groups is 2. The molecule has 0 aliphatic heterocycles. The van der Waals surface area contributed by atoms with Gasteiger partial charge in [-0.25, -0.2) is 0 Å². The molecule has 1 aromatic heterocycles. The maximum absolute atomic E-state index is 11.7. The lowest BCUT2D eigenvalue weighted by Gasteiger charge is -2.01. The number of hydrogen-bond acceptors (Lipinski definition) is 2. The quantitative estimate of drug-likeness (QED) is 0.600. The standard InChI is InChI=1S/C12H16N2O2/c1-5-6-13-12(16)11-7(2)10(9(4)15)8(3)14-11/h5,14H,1,6H2,2-4H3,(H,13,16). The number of rotatable bonds is 4. The second-order valence-corrected chi connectivity index (χ2v) is 3.68. The first-order valence-corrected chi connectivity index (χ1v) is 5.08. The first-order chi connectivity index (χ1) is 7.49. The lowest BCUT2D eigenvalue weighted by molar-refractivity contribution is 0.0952. The van der Waals surface area contributed by atoms with Crippen LogP contribution in [0.2, 0.25) is 0 Å². The molecule has 0 unspecified atom stereocenters. The molecule has 1 heterocycles. The minimum Gasteiger partial charge on any atom is -0.354 e. The Morgan fingerprint density at radius 2 is 2.06 bits per heavy atom. The number of aromatic nitrogens is 1. The molecular formula is C12H16N2O2. The molecule has 0 radical (unpaired) electrons. The molecular weight excluding hydrogens is 204 g/mol. The van der Waals surface area contributed by atoms with Gasteiger partial charge in [-0.1, -0.05) is 6.08 Å². The summed E-state index contributed by atoms with van der Waals surface area (Å²) in [4.78, 5) is 26.0. The van der Waals surface area contributed by atoms with Crippen LogP contribution in [-0.4, -0.2) is 23.2 Å². The number of carbonyl (C=O) groups excluding carboxylic acids is 2. The van der Waals surface area contributed by atoms with Crippen molar-refractivity contribution in [3.05, 3.63) is 35.2 Å². The molecule has 1 rings (SSSR count). The van der Waals surface area contributed by atoms with Gasteiger partial charge in [0, 0.05) is 17.8 Å². The van der Waals surface area contributed by atoms with E-state index in [4.69, 9.17) is 0 Å². The summed E-state index contributed by atoms with van der Waals surface area (Å²) in [5, 5.41) is 2.67. The fraction of sp³-hybridized carbons (Fsp3) is 0.333. The highest BCUT2D eigenvalue weighted by Gasteiger charge is 2.18. The third kappa shape index (κ3) is 2.21. The fourth-order valence-corrected chi connectivity index (χ4v) is 1.76. The number of ketones is 1.